The van der Waals surface area contributed by atoms with Gasteiger partial charge in [-0.25, -0.2) is 0 Å². The fourth-order valence-corrected chi connectivity index (χ4v) is 2.88. The first kappa shape index (κ1) is 16.8. The average Bonchev–Trinajstić information content (AvgIpc) is 2.56. The third-order valence-corrected chi connectivity index (χ3v) is 4.57. The van der Waals surface area contributed by atoms with Gasteiger partial charge in [-0.1, -0.05) is 0 Å². The van der Waals surface area contributed by atoms with Crippen LogP contribution in [-0.4, -0.2) is 62.4 Å². The summed E-state index contributed by atoms with van der Waals surface area (Å²) in [4.78, 5) is 4.66. The Bertz CT molecular complexity index is 528. The number of rotatable bonds is 4. The van der Waals surface area contributed by atoms with Crippen LogP contribution in [0.5, 0.6) is 11.5 Å². The van der Waals surface area contributed by atoms with Crippen LogP contribution in [0.4, 0.5) is 0 Å². The molecule has 1 saturated heterocycles. The standard InChI is InChI=1S/C16H25N3O2S/c1-12-9-14(20-3)15(21-4)10-13(12)11-18-5-7-19(8-6-18)16(22)17-2/h9-10H,5-8,11H2,1-4H3,(H,17,22). The molecule has 2 rings (SSSR count). The summed E-state index contributed by atoms with van der Waals surface area (Å²) in [5.41, 5.74) is 2.51. The van der Waals surface area contributed by atoms with Gasteiger partial charge in [0.1, 0.15) is 0 Å². The van der Waals surface area contributed by atoms with Gasteiger partial charge in [-0.15, -0.1) is 0 Å². The van der Waals surface area contributed by atoms with Crippen LogP contribution in [0.1, 0.15) is 11.1 Å². The third kappa shape index (κ3) is 3.81. The van der Waals surface area contributed by atoms with Gasteiger partial charge in [0.2, 0.25) is 0 Å². The normalized spacial score (nSPS) is 15.5. The van der Waals surface area contributed by atoms with E-state index in [1.165, 1.54) is 11.1 Å². The zero-order chi connectivity index (χ0) is 16.1. The van der Waals surface area contributed by atoms with E-state index >= 15 is 0 Å². The predicted molar refractivity (Wildman–Crippen MR) is 92.8 cm³/mol. The van der Waals surface area contributed by atoms with Crippen molar-refractivity contribution in [2.24, 2.45) is 0 Å². The van der Waals surface area contributed by atoms with Crippen LogP contribution in [0.3, 0.4) is 0 Å². The van der Waals surface area contributed by atoms with E-state index in [0.29, 0.717) is 0 Å². The van der Waals surface area contributed by atoms with Crippen molar-refractivity contribution < 1.29 is 9.47 Å². The Balaban J connectivity index is 2.01. The average molecular weight is 323 g/mol. The molecular weight excluding hydrogens is 298 g/mol. The van der Waals surface area contributed by atoms with Crippen molar-refractivity contribution in [3.8, 4) is 11.5 Å². The Labute approximate surface area is 138 Å². The molecule has 0 amide bonds. The summed E-state index contributed by atoms with van der Waals surface area (Å²) in [5, 5.41) is 3.88. The van der Waals surface area contributed by atoms with Gasteiger partial charge < -0.3 is 19.7 Å². The number of aryl methyl sites for hydroxylation is 1. The monoisotopic (exact) mass is 323 g/mol. The highest BCUT2D eigenvalue weighted by atomic mass is 32.1. The maximum atomic E-state index is 5.41. The number of methoxy groups -OCH3 is 2. The van der Waals surface area contributed by atoms with Gasteiger partial charge in [-0.2, -0.15) is 0 Å². The zero-order valence-electron chi connectivity index (χ0n) is 13.8. The smallest absolute Gasteiger partial charge is 0.168 e. The highest BCUT2D eigenvalue weighted by Gasteiger charge is 2.19. The van der Waals surface area contributed by atoms with E-state index in [4.69, 9.17) is 21.7 Å². The maximum absolute atomic E-state index is 5.41. The molecule has 0 aliphatic carbocycles. The fourth-order valence-electron chi connectivity index (χ4n) is 2.70. The zero-order valence-corrected chi connectivity index (χ0v) is 14.6. The first-order chi connectivity index (χ1) is 10.6. The van der Waals surface area contributed by atoms with E-state index in [1.807, 2.05) is 13.1 Å². The van der Waals surface area contributed by atoms with Crippen molar-refractivity contribution in [1.82, 2.24) is 15.1 Å². The molecule has 1 aliphatic heterocycles. The molecule has 1 aromatic rings. The maximum Gasteiger partial charge on any atom is 0.168 e. The molecule has 1 aliphatic rings. The van der Waals surface area contributed by atoms with Crippen LogP contribution in [0.15, 0.2) is 12.1 Å². The second-order valence-corrected chi connectivity index (χ2v) is 5.84. The van der Waals surface area contributed by atoms with Crippen molar-refractivity contribution in [3.63, 3.8) is 0 Å². The van der Waals surface area contributed by atoms with Gasteiger partial charge in [-0.3, -0.25) is 4.90 Å². The molecule has 1 heterocycles. The number of benzene rings is 1. The van der Waals surface area contributed by atoms with Crippen LogP contribution in [0.25, 0.3) is 0 Å². The first-order valence-electron chi connectivity index (χ1n) is 7.49. The SMILES string of the molecule is CNC(=S)N1CCN(Cc2cc(OC)c(OC)cc2C)CC1. The Morgan fingerprint density at radius 1 is 1.14 bits per heavy atom. The van der Waals surface area contributed by atoms with Crippen LogP contribution in [0, 0.1) is 6.92 Å². The number of nitrogens with zero attached hydrogens (tertiary/aromatic N) is 2. The van der Waals surface area contributed by atoms with Crippen molar-refractivity contribution >= 4 is 17.3 Å². The van der Waals surface area contributed by atoms with E-state index in [1.54, 1.807) is 14.2 Å². The fraction of sp³-hybridized carbons (Fsp3) is 0.562. The molecule has 1 fully saturated rings. The molecule has 0 atom stereocenters. The number of nitrogens with one attached hydrogen (secondary N) is 1. The number of piperazine rings is 1. The summed E-state index contributed by atoms with van der Waals surface area (Å²) in [5.74, 6) is 1.58. The van der Waals surface area contributed by atoms with Crippen molar-refractivity contribution in [3.05, 3.63) is 23.3 Å². The Morgan fingerprint density at radius 2 is 1.73 bits per heavy atom. The van der Waals surface area contributed by atoms with Gasteiger partial charge in [0.15, 0.2) is 16.6 Å². The number of hydrogen-bond acceptors (Lipinski definition) is 4. The van der Waals surface area contributed by atoms with E-state index in [-0.39, 0.29) is 0 Å². The molecule has 22 heavy (non-hydrogen) atoms. The van der Waals surface area contributed by atoms with Crippen LogP contribution in [0.2, 0.25) is 0 Å². The molecule has 5 nitrogen and oxygen atoms in total. The molecule has 0 spiro atoms. The lowest BCUT2D eigenvalue weighted by Crippen LogP contribution is -2.50. The van der Waals surface area contributed by atoms with Gasteiger partial charge >= 0.3 is 0 Å². The quantitative estimate of drug-likeness (QED) is 0.849. The molecule has 6 heteroatoms. The number of thiocarbonyl (C=S) groups is 1. The molecule has 1 N–H and O–H groups in total. The van der Waals surface area contributed by atoms with Crippen molar-refractivity contribution in [1.29, 1.82) is 0 Å². The minimum Gasteiger partial charge on any atom is -0.493 e. The highest BCUT2D eigenvalue weighted by molar-refractivity contribution is 7.80. The van der Waals surface area contributed by atoms with E-state index in [2.05, 4.69) is 28.1 Å². The van der Waals surface area contributed by atoms with E-state index in [0.717, 1.165) is 49.3 Å². The molecule has 0 saturated carbocycles. The second kappa shape index (κ2) is 7.65. The summed E-state index contributed by atoms with van der Waals surface area (Å²) >= 11 is 5.29. The lowest BCUT2D eigenvalue weighted by atomic mass is 10.1. The largest absolute Gasteiger partial charge is 0.493 e. The summed E-state index contributed by atoms with van der Waals surface area (Å²) < 4.78 is 10.8. The van der Waals surface area contributed by atoms with Crippen LogP contribution < -0.4 is 14.8 Å². The molecular formula is C16H25N3O2S. The number of hydrogen-bond donors (Lipinski definition) is 1. The molecule has 122 valence electrons. The van der Waals surface area contributed by atoms with Gasteiger partial charge in [-0.05, 0) is 42.4 Å². The van der Waals surface area contributed by atoms with Gasteiger partial charge in [0.25, 0.3) is 0 Å². The van der Waals surface area contributed by atoms with E-state index < -0.39 is 0 Å². The Kier molecular flexibility index (Phi) is 5.85. The Hall–Kier alpha value is -1.53. The molecule has 1 aromatic carbocycles. The molecule has 0 unspecified atom stereocenters. The number of ether oxygens (including phenoxy) is 2. The second-order valence-electron chi connectivity index (χ2n) is 5.45. The summed E-state index contributed by atoms with van der Waals surface area (Å²) in [7, 11) is 5.22. The summed E-state index contributed by atoms with van der Waals surface area (Å²) in [6.45, 7) is 6.99. The minimum absolute atomic E-state index is 0.785. The minimum atomic E-state index is 0.785. The highest BCUT2D eigenvalue weighted by Crippen LogP contribution is 2.30. The first-order valence-corrected chi connectivity index (χ1v) is 7.90. The lowest BCUT2D eigenvalue weighted by molar-refractivity contribution is 0.174. The predicted octanol–water partition coefficient (Wildman–Crippen LogP) is 1.63. The van der Waals surface area contributed by atoms with Crippen LogP contribution >= 0.6 is 12.2 Å². The molecule has 0 bridgehead atoms. The Morgan fingerprint density at radius 3 is 2.27 bits per heavy atom. The van der Waals surface area contributed by atoms with Gasteiger partial charge in [0.05, 0.1) is 14.2 Å². The summed E-state index contributed by atoms with van der Waals surface area (Å²) in [6.07, 6.45) is 0. The summed E-state index contributed by atoms with van der Waals surface area (Å²) in [6, 6.07) is 4.12. The molecule has 0 aromatic heterocycles. The van der Waals surface area contributed by atoms with Crippen molar-refractivity contribution in [2.75, 3.05) is 47.4 Å². The lowest BCUT2D eigenvalue weighted by Gasteiger charge is -2.36. The third-order valence-electron chi connectivity index (χ3n) is 4.11. The van der Waals surface area contributed by atoms with E-state index in [9.17, 15) is 0 Å². The van der Waals surface area contributed by atoms with Gasteiger partial charge in [0, 0.05) is 39.8 Å². The van der Waals surface area contributed by atoms with Crippen LogP contribution in [-0.2, 0) is 6.54 Å². The van der Waals surface area contributed by atoms with Crippen molar-refractivity contribution in [2.45, 2.75) is 13.5 Å². The molecule has 0 radical (unpaired) electrons. The topological polar surface area (TPSA) is 37.0 Å².